The summed E-state index contributed by atoms with van der Waals surface area (Å²) in [7, 11) is 0. The molecular weight excluding hydrogens is 736 g/mol. The van der Waals surface area contributed by atoms with E-state index in [2.05, 4.69) is 29.7 Å². The van der Waals surface area contributed by atoms with Gasteiger partial charge in [-0.1, -0.05) is 18.0 Å². The number of anilines is 2. The average Bonchev–Trinajstić information content (AvgIpc) is 3.90. The van der Waals surface area contributed by atoms with E-state index < -0.39 is 0 Å². The summed E-state index contributed by atoms with van der Waals surface area (Å²) >= 11 is 0. The molecule has 2 aromatic carbocycles. The second kappa shape index (κ2) is 18.3. The lowest BCUT2D eigenvalue weighted by atomic mass is 9.91. The molecular formula is C45H61FN8O4. The molecule has 13 heteroatoms. The fourth-order valence-electron chi connectivity index (χ4n) is 9.66. The number of hydrogen-bond donors (Lipinski definition) is 0. The summed E-state index contributed by atoms with van der Waals surface area (Å²) in [6, 6.07) is 14.3. The number of halogens is 1. The predicted molar refractivity (Wildman–Crippen MR) is 222 cm³/mol. The van der Waals surface area contributed by atoms with E-state index in [4.69, 9.17) is 4.52 Å². The van der Waals surface area contributed by atoms with Crippen molar-refractivity contribution < 1.29 is 23.3 Å². The van der Waals surface area contributed by atoms with Crippen LogP contribution in [0, 0.1) is 24.6 Å². The molecule has 4 saturated heterocycles. The molecule has 6 aliphatic rings. The Morgan fingerprint density at radius 2 is 1.22 bits per heavy atom. The fourth-order valence-corrected chi connectivity index (χ4v) is 9.66. The first kappa shape index (κ1) is 40.4. The minimum absolute atomic E-state index is 0.0621. The highest BCUT2D eigenvalue weighted by atomic mass is 19.1. The molecule has 9 rings (SSSR count). The van der Waals surface area contributed by atoms with Crippen molar-refractivity contribution in [2.45, 2.75) is 90.1 Å². The zero-order chi connectivity index (χ0) is 40.2. The van der Waals surface area contributed by atoms with E-state index in [1.807, 2.05) is 34.1 Å². The van der Waals surface area contributed by atoms with Crippen LogP contribution in [-0.2, 0) is 9.59 Å². The fraction of sp³-hybridized carbons (Fsp3) is 0.622. The van der Waals surface area contributed by atoms with Crippen molar-refractivity contribution in [3.8, 4) is 11.5 Å². The van der Waals surface area contributed by atoms with Crippen molar-refractivity contribution in [3.05, 3.63) is 59.7 Å². The molecule has 58 heavy (non-hydrogen) atoms. The van der Waals surface area contributed by atoms with Crippen LogP contribution >= 0.6 is 0 Å². The number of aryl methyl sites for hydroxylation is 1. The largest absolute Gasteiger partial charge is 0.371 e. The third-order valence-corrected chi connectivity index (χ3v) is 13.6. The Kier molecular flexibility index (Phi) is 12.7. The summed E-state index contributed by atoms with van der Waals surface area (Å²) in [5.41, 5.74) is 2.95. The first-order valence-corrected chi connectivity index (χ1v) is 22.0. The molecule has 12 nitrogen and oxygen atoms in total. The van der Waals surface area contributed by atoms with Gasteiger partial charge in [-0.25, -0.2) is 4.39 Å². The molecule has 0 bridgehead atoms. The number of benzene rings is 2. The maximum absolute atomic E-state index is 14.9. The number of aromatic nitrogens is 2. The van der Waals surface area contributed by atoms with Crippen LogP contribution in [0.1, 0.15) is 87.3 Å². The van der Waals surface area contributed by atoms with Gasteiger partial charge in [-0.15, -0.1) is 0 Å². The van der Waals surface area contributed by atoms with Crippen LogP contribution in [0.5, 0.6) is 0 Å². The zero-order valence-corrected chi connectivity index (χ0v) is 34.5. The van der Waals surface area contributed by atoms with Crippen LogP contribution in [-0.4, -0.2) is 138 Å². The first-order valence-electron chi connectivity index (χ1n) is 22.0. The molecule has 0 radical (unpaired) electrons. The number of rotatable bonds is 8. The van der Waals surface area contributed by atoms with Crippen molar-refractivity contribution in [2.24, 2.45) is 11.8 Å². The molecule has 6 fully saturated rings. The molecule has 2 aliphatic carbocycles. The minimum Gasteiger partial charge on any atom is -0.371 e. The SMILES string of the molecule is CC(=O)c1ccc(N2CC[C@@H](C(=O)N3CCCN(C4CCC4)CC3)C2)cc1.Cc1noc(-c2ccc(N3CC[C@H](C(=O)N4CCCN(C5CCC5)CC4)C3)c(F)c2)n1. The maximum atomic E-state index is 14.9. The van der Waals surface area contributed by atoms with Gasteiger partial charge in [0.25, 0.3) is 5.89 Å². The van der Waals surface area contributed by atoms with Crippen LogP contribution < -0.4 is 9.80 Å². The normalized spacial score (nSPS) is 23.8. The molecule has 4 aliphatic heterocycles. The summed E-state index contributed by atoms with van der Waals surface area (Å²) in [6.45, 7) is 14.0. The van der Waals surface area contributed by atoms with Crippen LogP contribution in [0.25, 0.3) is 11.5 Å². The Labute approximate surface area is 342 Å². The van der Waals surface area contributed by atoms with E-state index in [0.717, 1.165) is 114 Å². The van der Waals surface area contributed by atoms with Gasteiger partial charge in [0, 0.05) is 107 Å². The average molecular weight is 797 g/mol. The Balaban J connectivity index is 0.000000164. The van der Waals surface area contributed by atoms with E-state index in [-0.39, 0.29) is 29.3 Å². The van der Waals surface area contributed by atoms with Gasteiger partial charge in [0.15, 0.2) is 11.6 Å². The smallest absolute Gasteiger partial charge is 0.258 e. The van der Waals surface area contributed by atoms with Gasteiger partial charge in [0.1, 0.15) is 5.82 Å². The Morgan fingerprint density at radius 1 is 0.655 bits per heavy atom. The minimum atomic E-state index is -0.327. The molecule has 5 heterocycles. The van der Waals surface area contributed by atoms with E-state index >= 15 is 0 Å². The van der Waals surface area contributed by atoms with Crippen molar-refractivity contribution in [2.75, 3.05) is 88.3 Å². The lowest BCUT2D eigenvalue weighted by Crippen LogP contribution is -2.43. The Hall–Kier alpha value is -4.36. The molecule has 0 spiro atoms. The maximum Gasteiger partial charge on any atom is 0.258 e. The molecule has 3 aromatic rings. The third kappa shape index (κ3) is 9.25. The number of amides is 2. The first-order chi connectivity index (χ1) is 28.2. The monoisotopic (exact) mass is 796 g/mol. The number of ketones is 1. The van der Waals surface area contributed by atoms with Crippen LogP contribution in [0.15, 0.2) is 47.0 Å². The summed E-state index contributed by atoms with van der Waals surface area (Å²) in [5.74, 6) is 1.21. The summed E-state index contributed by atoms with van der Waals surface area (Å²) in [5, 5.41) is 3.76. The van der Waals surface area contributed by atoms with Crippen molar-refractivity contribution in [1.82, 2.24) is 29.7 Å². The highest BCUT2D eigenvalue weighted by molar-refractivity contribution is 5.94. The van der Waals surface area contributed by atoms with Gasteiger partial charge in [-0.3, -0.25) is 24.2 Å². The molecule has 2 atom stereocenters. The highest BCUT2D eigenvalue weighted by Crippen LogP contribution is 2.32. The van der Waals surface area contributed by atoms with E-state index in [1.54, 1.807) is 26.0 Å². The topological polar surface area (TPSA) is 110 Å². The molecule has 1 aromatic heterocycles. The summed E-state index contributed by atoms with van der Waals surface area (Å²) in [4.78, 5) is 55.5. The molecule has 2 saturated carbocycles. The second-order valence-corrected chi connectivity index (χ2v) is 17.4. The molecule has 312 valence electrons. The molecule has 0 N–H and O–H groups in total. The van der Waals surface area contributed by atoms with Gasteiger partial charge in [0.2, 0.25) is 11.8 Å². The number of carbonyl (C=O) groups excluding carboxylic acids is 3. The summed E-state index contributed by atoms with van der Waals surface area (Å²) in [6.07, 6.45) is 11.9. The second-order valence-electron chi connectivity index (χ2n) is 17.4. The van der Waals surface area contributed by atoms with Gasteiger partial charge in [-0.2, -0.15) is 4.98 Å². The van der Waals surface area contributed by atoms with Crippen molar-refractivity contribution in [1.29, 1.82) is 0 Å². The number of nitrogens with zero attached hydrogens (tertiary/aromatic N) is 8. The van der Waals surface area contributed by atoms with Crippen molar-refractivity contribution >= 4 is 29.0 Å². The van der Waals surface area contributed by atoms with Gasteiger partial charge in [0.05, 0.1) is 17.5 Å². The Bertz CT molecular complexity index is 1900. The van der Waals surface area contributed by atoms with Gasteiger partial charge >= 0.3 is 0 Å². The van der Waals surface area contributed by atoms with Crippen LogP contribution in [0.2, 0.25) is 0 Å². The van der Waals surface area contributed by atoms with E-state index in [9.17, 15) is 18.8 Å². The predicted octanol–water partition coefficient (Wildman–Crippen LogP) is 5.90. The van der Waals surface area contributed by atoms with Crippen LogP contribution in [0.3, 0.4) is 0 Å². The molecule has 2 amide bonds. The zero-order valence-electron chi connectivity index (χ0n) is 34.5. The number of hydrogen-bond acceptors (Lipinski definition) is 10. The lowest BCUT2D eigenvalue weighted by molar-refractivity contribution is -0.135. The Morgan fingerprint density at radius 3 is 1.72 bits per heavy atom. The highest BCUT2D eigenvalue weighted by Gasteiger charge is 2.36. The van der Waals surface area contributed by atoms with Gasteiger partial charge in [-0.05, 0) is 108 Å². The van der Waals surface area contributed by atoms with Gasteiger partial charge < -0.3 is 24.1 Å². The van der Waals surface area contributed by atoms with Crippen LogP contribution in [0.4, 0.5) is 15.8 Å². The summed E-state index contributed by atoms with van der Waals surface area (Å²) < 4.78 is 20.0. The third-order valence-electron chi connectivity index (χ3n) is 13.6. The quantitative estimate of drug-likeness (QED) is 0.256. The number of carbonyl (C=O) groups is 3. The standard InChI is InChI=1S/C23H30FN5O2.C22H31N3O2/c1-16-25-22(31-26-16)17-6-7-21(20(24)14-17)29-11-8-18(15-29)23(30)28-10-3-9-27(12-13-28)19-4-2-5-19;1-17(26)18-6-8-21(9-7-18)25-13-10-19(16-25)22(27)24-12-3-11-23(14-15-24)20-4-2-5-20/h6-7,14,18-19H,2-5,8-13,15H2,1H3;6-9,19-20H,2-5,10-16H2,1H3/t18-;19-/m01/s1. The van der Waals surface area contributed by atoms with Crippen molar-refractivity contribution in [3.63, 3.8) is 0 Å². The van der Waals surface area contributed by atoms with E-state index in [1.165, 1.54) is 44.6 Å². The van der Waals surface area contributed by atoms with E-state index in [0.29, 0.717) is 42.0 Å². The lowest BCUT2D eigenvalue weighted by Gasteiger charge is -2.36. The number of Topliss-reactive ketones (excluding diaryl/α,β-unsaturated/α-hetero) is 1. The molecule has 0 unspecified atom stereocenters.